The van der Waals surface area contributed by atoms with Crippen molar-refractivity contribution in [3.8, 4) is 28.7 Å². The van der Waals surface area contributed by atoms with E-state index in [1.54, 1.807) is 35.7 Å². The van der Waals surface area contributed by atoms with E-state index < -0.39 is 0 Å². The van der Waals surface area contributed by atoms with E-state index in [1.165, 1.54) is 4.90 Å². The van der Waals surface area contributed by atoms with Crippen molar-refractivity contribution in [1.82, 2.24) is 34.8 Å². The number of aryl methyl sites for hydroxylation is 2. The van der Waals surface area contributed by atoms with E-state index in [0.29, 0.717) is 54.1 Å². The van der Waals surface area contributed by atoms with Crippen LogP contribution >= 0.6 is 22.9 Å². The highest BCUT2D eigenvalue weighted by Crippen LogP contribution is 2.36. The zero-order valence-electron chi connectivity index (χ0n) is 28.4. The molecule has 52 heavy (non-hydrogen) atoms. The van der Waals surface area contributed by atoms with E-state index >= 15 is 0 Å². The third-order valence-electron chi connectivity index (χ3n) is 9.37. The number of nitrogens with one attached hydrogen (secondary N) is 1. The Balaban J connectivity index is 0.950. The number of imide groups is 1. The summed E-state index contributed by atoms with van der Waals surface area (Å²) in [5, 5.41) is 17.6. The molecule has 3 aromatic heterocycles. The molecule has 13 heteroatoms. The first kappa shape index (κ1) is 33.3. The molecule has 0 saturated carbocycles. The summed E-state index contributed by atoms with van der Waals surface area (Å²) in [6.07, 6.45) is 5.75. The molecule has 0 bridgehead atoms. The Labute approximate surface area is 308 Å². The lowest BCUT2D eigenvalue weighted by Crippen LogP contribution is -2.50. The lowest BCUT2D eigenvalue weighted by Gasteiger charge is -2.29. The Morgan fingerprint density at radius 2 is 1.85 bits per heavy atom. The topological polar surface area (TPSA) is 127 Å². The highest BCUT2D eigenvalue weighted by molar-refractivity contribution is 7.15. The Kier molecular flexibility index (Phi) is 8.79. The van der Waals surface area contributed by atoms with Gasteiger partial charge in [-0.25, -0.2) is 0 Å². The van der Waals surface area contributed by atoms with Gasteiger partial charge in [0.25, 0.3) is 11.8 Å². The maximum Gasteiger partial charge on any atom is 0.263 e. The van der Waals surface area contributed by atoms with Crippen LogP contribution in [0, 0.1) is 37.5 Å². The van der Waals surface area contributed by atoms with Crippen molar-refractivity contribution >= 4 is 46.4 Å². The standard InChI is InChI=1S/C39H31ClN8O3S/c1-23-31(52-39-34(23)36(27-11-13-28(40)14-12-27)42-21-32-45-44-24(2)47(32)39)16-10-25-19-43-46(22-25)18-5-3-4-7-26-8-6-9-30-35(26)38(51)48(37(30)50)29-15-17-33(49)41-20-29/h6,8-9,11-14,19,22,29H,3,5,15,17-18,20-21H2,1-2H3,(H,41,49). The van der Waals surface area contributed by atoms with Crippen LogP contribution in [0.1, 0.15) is 90.7 Å². The van der Waals surface area contributed by atoms with Gasteiger partial charge in [0.05, 0.1) is 39.5 Å². The van der Waals surface area contributed by atoms with Gasteiger partial charge in [-0.1, -0.05) is 53.5 Å². The fourth-order valence-electron chi connectivity index (χ4n) is 6.74. The summed E-state index contributed by atoms with van der Waals surface area (Å²) >= 11 is 7.79. The number of unbranched alkanes of at least 4 members (excludes halogenated alkanes) is 1. The van der Waals surface area contributed by atoms with Crippen LogP contribution < -0.4 is 5.32 Å². The lowest BCUT2D eigenvalue weighted by molar-refractivity contribution is -0.123. The Morgan fingerprint density at radius 1 is 1.00 bits per heavy atom. The third kappa shape index (κ3) is 6.10. The second-order valence-corrected chi connectivity index (χ2v) is 14.2. The molecule has 11 nitrogen and oxygen atoms in total. The fraction of sp³-hybridized carbons (Fsp3) is 0.256. The van der Waals surface area contributed by atoms with Crippen molar-refractivity contribution in [3.05, 3.63) is 115 Å². The minimum absolute atomic E-state index is 0.0658. The smallest absolute Gasteiger partial charge is 0.263 e. The monoisotopic (exact) mass is 726 g/mol. The minimum atomic E-state index is -0.353. The number of carbonyl (C=O) groups excluding carboxylic acids is 3. The quantitative estimate of drug-likeness (QED) is 0.150. The van der Waals surface area contributed by atoms with Crippen LogP contribution in [0.4, 0.5) is 0 Å². The first-order valence-electron chi connectivity index (χ1n) is 16.9. The number of hydrogen-bond donors (Lipinski definition) is 1. The van der Waals surface area contributed by atoms with Gasteiger partial charge in [-0.05, 0) is 56.5 Å². The molecule has 0 aliphatic carbocycles. The Morgan fingerprint density at radius 3 is 2.65 bits per heavy atom. The summed E-state index contributed by atoms with van der Waals surface area (Å²) in [6, 6.07) is 12.5. The van der Waals surface area contributed by atoms with Gasteiger partial charge in [-0.15, -0.1) is 21.5 Å². The Hall–Kier alpha value is -5.82. The van der Waals surface area contributed by atoms with Crippen LogP contribution in [0.2, 0.25) is 5.02 Å². The number of hydrogen-bond acceptors (Lipinski definition) is 8. The van der Waals surface area contributed by atoms with E-state index in [4.69, 9.17) is 16.6 Å². The minimum Gasteiger partial charge on any atom is -0.354 e. The molecule has 8 rings (SSSR count). The van der Waals surface area contributed by atoms with Crippen molar-refractivity contribution in [2.75, 3.05) is 6.54 Å². The molecular formula is C39H31ClN8O3S. The first-order valence-corrected chi connectivity index (χ1v) is 18.1. The molecule has 258 valence electrons. The summed E-state index contributed by atoms with van der Waals surface area (Å²) in [5.74, 6) is 13.8. The SMILES string of the molecule is Cc1c(C#Cc2cnn(CCCC#Cc3cccc4c3C(=O)N(C3CCC(=O)NC3)C4=O)c2)sc2c1C(c1ccc(Cl)cc1)=NCc1nnc(C)n1-2. The van der Waals surface area contributed by atoms with Gasteiger partial charge in [0.15, 0.2) is 5.82 Å². The molecular weight excluding hydrogens is 696 g/mol. The molecule has 0 radical (unpaired) electrons. The molecule has 1 fully saturated rings. The van der Waals surface area contributed by atoms with Crippen LogP contribution in [0.25, 0.3) is 5.00 Å². The van der Waals surface area contributed by atoms with Crippen LogP contribution in [0.15, 0.2) is 59.9 Å². The van der Waals surface area contributed by atoms with Crippen molar-refractivity contribution < 1.29 is 14.4 Å². The maximum absolute atomic E-state index is 13.3. The van der Waals surface area contributed by atoms with Crippen molar-refractivity contribution in [2.24, 2.45) is 4.99 Å². The van der Waals surface area contributed by atoms with Gasteiger partial charge < -0.3 is 5.32 Å². The maximum atomic E-state index is 13.3. The fourth-order valence-corrected chi connectivity index (χ4v) is 8.10. The van der Waals surface area contributed by atoms with Crippen LogP contribution in [-0.4, -0.2) is 65.5 Å². The number of thiophene rings is 1. The van der Waals surface area contributed by atoms with E-state index in [0.717, 1.165) is 55.9 Å². The number of rotatable bonds is 5. The molecule has 1 atom stereocenters. The Bertz CT molecular complexity index is 2440. The van der Waals surface area contributed by atoms with E-state index in [2.05, 4.69) is 55.8 Å². The van der Waals surface area contributed by atoms with Gasteiger partial charge in [-0.2, -0.15) is 5.10 Å². The number of amides is 3. The normalized spacial score (nSPS) is 16.1. The van der Waals surface area contributed by atoms with Crippen LogP contribution in [0.5, 0.6) is 0 Å². The van der Waals surface area contributed by atoms with Crippen molar-refractivity contribution in [3.63, 3.8) is 0 Å². The van der Waals surface area contributed by atoms with Crippen LogP contribution in [-0.2, 0) is 17.9 Å². The number of nitrogens with zero attached hydrogens (tertiary/aromatic N) is 7. The van der Waals surface area contributed by atoms with E-state index in [1.807, 2.05) is 42.1 Å². The molecule has 1 saturated heterocycles. The van der Waals surface area contributed by atoms with Gasteiger partial charge in [0, 0.05) is 53.8 Å². The van der Waals surface area contributed by atoms with Gasteiger partial charge in [-0.3, -0.25) is 33.5 Å². The zero-order chi connectivity index (χ0) is 35.9. The highest BCUT2D eigenvalue weighted by Gasteiger charge is 2.42. The summed E-state index contributed by atoms with van der Waals surface area (Å²) in [5.41, 5.74) is 5.95. The van der Waals surface area contributed by atoms with E-state index in [-0.39, 0.29) is 30.3 Å². The number of benzene rings is 2. The number of aliphatic imine (C=N–C) groups is 1. The lowest BCUT2D eigenvalue weighted by atomic mass is 10.00. The number of carbonyl (C=O) groups is 3. The molecule has 0 spiro atoms. The average Bonchev–Trinajstić information content (AvgIpc) is 3.87. The first-order chi connectivity index (χ1) is 25.3. The van der Waals surface area contributed by atoms with E-state index in [9.17, 15) is 14.4 Å². The number of piperidine rings is 1. The molecule has 3 amide bonds. The number of aromatic nitrogens is 5. The summed E-state index contributed by atoms with van der Waals surface area (Å²) in [4.78, 5) is 45.2. The average molecular weight is 727 g/mol. The van der Waals surface area contributed by atoms with Crippen molar-refractivity contribution in [1.29, 1.82) is 0 Å². The highest BCUT2D eigenvalue weighted by atomic mass is 35.5. The second-order valence-electron chi connectivity index (χ2n) is 12.8. The number of halogens is 1. The molecule has 1 N–H and O–H groups in total. The van der Waals surface area contributed by atoms with Gasteiger partial charge in [0.1, 0.15) is 17.4 Å². The summed E-state index contributed by atoms with van der Waals surface area (Å²) in [7, 11) is 0. The zero-order valence-corrected chi connectivity index (χ0v) is 29.9. The summed E-state index contributed by atoms with van der Waals surface area (Å²) in [6.45, 7) is 5.35. The third-order valence-corrected chi connectivity index (χ3v) is 10.8. The molecule has 1 unspecified atom stereocenters. The molecule has 3 aliphatic rings. The molecule has 2 aromatic carbocycles. The number of fused-ring (bicyclic) bond motifs is 4. The molecule has 5 aromatic rings. The molecule has 6 heterocycles. The predicted molar refractivity (Wildman–Crippen MR) is 197 cm³/mol. The largest absolute Gasteiger partial charge is 0.354 e. The van der Waals surface area contributed by atoms with Crippen molar-refractivity contribution in [2.45, 2.75) is 58.7 Å². The molecule has 3 aliphatic heterocycles. The van der Waals surface area contributed by atoms with Gasteiger partial charge >= 0.3 is 0 Å². The summed E-state index contributed by atoms with van der Waals surface area (Å²) < 4.78 is 3.92. The second kappa shape index (κ2) is 13.7. The van der Waals surface area contributed by atoms with Gasteiger partial charge in [0.2, 0.25) is 5.91 Å². The van der Waals surface area contributed by atoms with Crippen LogP contribution in [0.3, 0.4) is 0 Å². The predicted octanol–water partition coefficient (Wildman–Crippen LogP) is 5.25.